The molecule has 1 aromatic heterocycles. The summed E-state index contributed by atoms with van der Waals surface area (Å²) in [6.07, 6.45) is 4.47. The van der Waals surface area contributed by atoms with Gasteiger partial charge in [0.2, 0.25) is 0 Å². The summed E-state index contributed by atoms with van der Waals surface area (Å²) in [6.45, 7) is 4.99. The SMILES string of the molecule is Cc1c(-c2ccccc2)c2c(n1Cc1ccccc1)[C@@H]1Oc3c(O)ccc4c3[C@@]13CCN(CC1CC1)[C@@H](C4)[C@]3(O)C2. The van der Waals surface area contributed by atoms with Gasteiger partial charge in [-0.1, -0.05) is 66.7 Å². The van der Waals surface area contributed by atoms with Crippen LogP contribution in [0.2, 0.25) is 0 Å². The van der Waals surface area contributed by atoms with Gasteiger partial charge in [0.15, 0.2) is 17.6 Å². The van der Waals surface area contributed by atoms with Crippen molar-refractivity contribution in [2.45, 2.75) is 68.7 Å². The smallest absolute Gasteiger partial charge is 0.166 e. The number of phenolic OH excluding ortho intramolecular Hbond substituents is 1. The van der Waals surface area contributed by atoms with Crippen LogP contribution in [0.1, 0.15) is 59.0 Å². The third-order valence-electron chi connectivity index (χ3n) is 11.1. The van der Waals surface area contributed by atoms with Crippen LogP contribution in [0.15, 0.2) is 72.8 Å². The summed E-state index contributed by atoms with van der Waals surface area (Å²) in [5.41, 5.74) is 7.98. The van der Waals surface area contributed by atoms with Crippen molar-refractivity contribution < 1.29 is 14.9 Å². The van der Waals surface area contributed by atoms with Crippen molar-refractivity contribution in [2.75, 3.05) is 13.1 Å². The molecule has 4 atom stereocenters. The Morgan fingerprint density at radius 2 is 1.73 bits per heavy atom. The van der Waals surface area contributed by atoms with E-state index in [2.05, 4.69) is 83.1 Å². The van der Waals surface area contributed by atoms with Crippen LogP contribution in [-0.2, 0) is 24.8 Å². The first kappa shape index (κ1) is 24.1. The summed E-state index contributed by atoms with van der Waals surface area (Å²) in [5.74, 6) is 1.55. The number of fused-ring (bicyclic) bond motifs is 2. The van der Waals surface area contributed by atoms with Crippen molar-refractivity contribution in [3.63, 3.8) is 0 Å². The second-order valence-electron chi connectivity index (χ2n) is 13.2. The molecule has 208 valence electrons. The number of hydrogen-bond donors (Lipinski definition) is 2. The first-order valence-corrected chi connectivity index (χ1v) is 15.3. The molecule has 3 heterocycles. The highest BCUT2D eigenvalue weighted by Gasteiger charge is 2.73. The van der Waals surface area contributed by atoms with Crippen LogP contribution in [0.4, 0.5) is 0 Å². The molecule has 4 aromatic rings. The Labute approximate surface area is 241 Å². The number of benzene rings is 3. The van der Waals surface area contributed by atoms with E-state index in [-0.39, 0.29) is 17.9 Å². The van der Waals surface area contributed by atoms with Crippen LogP contribution in [0.3, 0.4) is 0 Å². The maximum atomic E-state index is 13.3. The Morgan fingerprint density at radius 3 is 2.49 bits per heavy atom. The second-order valence-corrected chi connectivity index (χ2v) is 13.2. The van der Waals surface area contributed by atoms with E-state index in [1.54, 1.807) is 6.07 Å². The zero-order valence-corrected chi connectivity index (χ0v) is 23.5. The third kappa shape index (κ3) is 3.09. The molecule has 2 fully saturated rings. The second kappa shape index (κ2) is 8.27. The zero-order valence-electron chi connectivity index (χ0n) is 23.5. The quantitative estimate of drug-likeness (QED) is 0.328. The van der Waals surface area contributed by atoms with Crippen molar-refractivity contribution in [3.8, 4) is 22.6 Å². The number of aromatic hydroxyl groups is 1. The van der Waals surface area contributed by atoms with E-state index in [9.17, 15) is 10.2 Å². The van der Waals surface area contributed by atoms with Crippen molar-refractivity contribution >= 4 is 0 Å². The minimum atomic E-state index is -0.987. The molecule has 2 bridgehead atoms. The lowest BCUT2D eigenvalue weighted by Crippen LogP contribution is -2.74. The molecular formula is C36H36N2O3. The minimum Gasteiger partial charge on any atom is -0.504 e. The zero-order chi connectivity index (χ0) is 27.5. The fourth-order valence-corrected chi connectivity index (χ4v) is 9.18. The number of ether oxygens (including phenoxy) is 1. The average molecular weight is 545 g/mol. The van der Waals surface area contributed by atoms with Gasteiger partial charge in [-0.2, -0.15) is 0 Å². The Bertz CT molecular complexity index is 1690. The molecule has 0 unspecified atom stereocenters. The molecule has 3 aromatic carbocycles. The molecule has 5 nitrogen and oxygen atoms in total. The van der Waals surface area contributed by atoms with Crippen molar-refractivity contribution in [2.24, 2.45) is 5.92 Å². The van der Waals surface area contributed by atoms with Gasteiger partial charge in [-0.15, -0.1) is 0 Å². The van der Waals surface area contributed by atoms with Gasteiger partial charge in [-0.05, 0) is 73.4 Å². The topological polar surface area (TPSA) is 57.9 Å². The van der Waals surface area contributed by atoms with Gasteiger partial charge in [-0.25, -0.2) is 0 Å². The third-order valence-corrected chi connectivity index (χ3v) is 11.1. The highest BCUT2D eigenvalue weighted by molar-refractivity contribution is 5.75. The predicted octanol–water partition coefficient (Wildman–Crippen LogP) is 5.92. The largest absolute Gasteiger partial charge is 0.504 e. The van der Waals surface area contributed by atoms with Crippen LogP contribution >= 0.6 is 0 Å². The minimum absolute atomic E-state index is 0.0282. The maximum absolute atomic E-state index is 13.3. The van der Waals surface area contributed by atoms with Crippen molar-refractivity contribution in [3.05, 3.63) is 106 Å². The molecule has 1 saturated heterocycles. The van der Waals surface area contributed by atoms with E-state index in [4.69, 9.17) is 4.74 Å². The Balaban J connectivity index is 1.32. The molecule has 9 rings (SSSR count). The number of likely N-dealkylation sites (tertiary alicyclic amines) is 1. The summed E-state index contributed by atoms with van der Waals surface area (Å²) < 4.78 is 9.42. The lowest BCUT2D eigenvalue weighted by atomic mass is 9.49. The van der Waals surface area contributed by atoms with Crippen molar-refractivity contribution in [1.29, 1.82) is 0 Å². The van der Waals surface area contributed by atoms with Crippen LogP contribution in [0.25, 0.3) is 11.1 Å². The lowest BCUT2D eigenvalue weighted by molar-refractivity contribution is -0.173. The summed E-state index contributed by atoms with van der Waals surface area (Å²) in [6, 6.07) is 25.2. The molecule has 5 aliphatic rings. The average Bonchev–Trinajstić information content (AvgIpc) is 3.67. The van der Waals surface area contributed by atoms with Gasteiger partial charge in [0.1, 0.15) is 0 Å². The van der Waals surface area contributed by atoms with E-state index in [1.165, 1.54) is 52.0 Å². The highest BCUT2D eigenvalue weighted by atomic mass is 16.5. The first-order valence-electron chi connectivity index (χ1n) is 15.3. The molecule has 5 heteroatoms. The Kier molecular flexibility index (Phi) is 4.86. The predicted molar refractivity (Wildman–Crippen MR) is 158 cm³/mol. The van der Waals surface area contributed by atoms with Gasteiger partial charge in [-0.3, -0.25) is 4.90 Å². The van der Waals surface area contributed by atoms with E-state index in [0.717, 1.165) is 44.0 Å². The number of rotatable bonds is 5. The van der Waals surface area contributed by atoms with Gasteiger partial charge >= 0.3 is 0 Å². The summed E-state index contributed by atoms with van der Waals surface area (Å²) in [4.78, 5) is 2.61. The standard InChI is InChI=1S/C36H36N2O3/c1-22-30(25-10-6-3-7-11-25)27-19-36(40)29-18-26-14-15-28(39)33-31(26)35(36,16-17-37(29)20-24-12-13-24)34(41-33)32(27)38(22)21-23-8-4-2-5-9-23/h2-11,14-15,24,29,34,39-40H,12-13,16-21H2,1H3/t29-,34-,35-,36+/m0/s1. The molecule has 3 aliphatic carbocycles. The fourth-order valence-electron chi connectivity index (χ4n) is 9.18. The van der Waals surface area contributed by atoms with Crippen LogP contribution in [0, 0.1) is 12.8 Å². The number of aromatic nitrogens is 1. The fraction of sp³-hybridized carbons (Fsp3) is 0.389. The first-order chi connectivity index (χ1) is 20.0. The van der Waals surface area contributed by atoms with E-state index < -0.39 is 11.0 Å². The molecule has 0 radical (unpaired) electrons. The molecule has 1 spiro atoms. The van der Waals surface area contributed by atoms with E-state index in [1.807, 2.05) is 0 Å². The highest BCUT2D eigenvalue weighted by Crippen LogP contribution is 2.69. The van der Waals surface area contributed by atoms with E-state index in [0.29, 0.717) is 12.2 Å². The summed E-state index contributed by atoms with van der Waals surface area (Å²) in [7, 11) is 0. The van der Waals surface area contributed by atoms with Crippen LogP contribution < -0.4 is 4.74 Å². The van der Waals surface area contributed by atoms with Crippen LogP contribution in [0.5, 0.6) is 11.5 Å². The summed E-state index contributed by atoms with van der Waals surface area (Å²) >= 11 is 0. The number of piperidine rings is 1. The van der Waals surface area contributed by atoms with Gasteiger partial charge in [0.05, 0.1) is 16.7 Å². The normalized spacial score (nSPS) is 29.1. The molecular weight excluding hydrogens is 508 g/mol. The maximum Gasteiger partial charge on any atom is 0.166 e. The van der Waals surface area contributed by atoms with Gasteiger partial charge in [0.25, 0.3) is 0 Å². The van der Waals surface area contributed by atoms with Gasteiger partial charge in [0, 0.05) is 42.4 Å². The Morgan fingerprint density at radius 1 is 0.976 bits per heavy atom. The number of aliphatic hydroxyl groups is 1. The summed E-state index contributed by atoms with van der Waals surface area (Å²) in [5, 5.41) is 24.4. The van der Waals surface area contributed by atoms with Gasteiger partial charge < -0.3 is 19.5 Å². The van der Waals surface area contributed by atoms with Crippen LogP contribution in [-0.4, -0.2) is 44.4 Å². The monoisotopic (exact) mass is 544 g/mol. The lowest BCUT2D eigenvalue weighted by Gasteiger charge is -2.63. The van der Waals surface area contributed by atoms with Crippen molar-refractivity contribution in [1.82, 2.24) is 9.47 Å². The van der Waals surface area contributed by atoms with E-state index >= 15 is 0 Å². The number of nitrogens with zero attached hydrogens (tertiary/aromatic N) is 2. The number of phenols is 1. The molecule has 1 saturated carbocycles. The molecule has 2 N–H and O–H groups in total. The molecule has 2 aliphatic heterocycles. The Hall–Kier alpha value is -3.54. The molecule has 41 heavy (non-hydrogen) atoms. The number of hydrogen-bond acceptors (Lipinski definition) is 4. The molecule has 0 amide bonds.